The van der Waals surface area contributed by atoms with Crippen LogP contribution in [0.15, 0.2) is 36.4 Å². The third-order valence-electron chi connectivity index (χ3n) is 7.08. The number of aliphatic hydroxyl groups is 1. The van der Waals surface area contributed by atoms with Gasteiger partial charge in [0.25, 0.3) is 5.91 Å². The summed E-state index contributed by atoms with van der Waals surface area (Å²) in [6.45, 7) is 3.35. The van der Waals surface area contributed by atoms with Gasteiger partial charge in [-0.1, -0.05) is 17.7 Å². The van der Waals surface area contributed by atoms with Gasteiger partial charge in [-0.3, -0.25) is 4.79 Å². The van der Waals surface area contributed by atoms with Crippen molar-refractivity contribution in [3.63, 3.8) is 0 Å². The van der Waals surface area contributed by atoms with Crippen molar-refractivity contribution in [1.82, 2.24) is 10.2 Å². The van der Waals surface area contributed by atoms with E-state index in [1.807, 2.05) is 12.1 Å². The van der Waals surface area contributed by atoms with E-state index in [9.17, 15) is 15.0 Å². The fourth-order valence-electron chi connectivity index (χ4n) is 4.94. The second-order valence-electron chi connectivity index (χ2n) is 9.68. The number of hydrogen-bond donors (Lipinski definition) is 3. The van der Waals surface area contributed by atoms with E-state index >= 15 is 0 Å². The van der Waals surface area contributed by atoms with Gasteiger partial charge in [-0.15, -0.1) is 0 Å². The number of likely N-dealkylation sites (tertiary alicyclic amines) is 1. The number of hydrogen-bond acceptors (Lipinski definition) is 6. The fraction of sp³-hybridized carbons (Fsp3) is 0.500. The number of ether oxygens (including phenoxy) is 2. The van der Waals surface area contributed by atoms with Crippen LogP contribution in [0.1, 0.15) is 47.2 Å². The Kier molecular flexibility index (Phi) is 6.71. The molecule has 1 saturated carbocycles. The summed E-state index contributed by atoms with van der Waals surface area (Å²) >= 11 is 6.13. The quantitative estimate of drug-likeness (QED) is 0.529. The number of β-amino-alcohol motifs (C(OH)–C–C–N with tert-alkyl or cyclic N) is 1. The summed E-state index contributed by atoms with van der Waals surface area (Å²) in [5.41, 5.74) is 2.50. The lowest BCUT2D eigenvalue weighted by Crippen LogP contribution is -2.46. The van der Waals surface area contributed by atoms with E-state index in [0.717, 1.165) is 49.4 Å². The second kappa shape index (κ2) is 9.74. The maximum absolute atomic E-state index is 12.5. The van der Waals surface area contributed by atoms with Crippen molar-refractivity contribution in [3.8, 4) is 11.5 Å². The molecular formula is C26H31ClN2O5. The summed E-state index contributed by atoms with van der Waals surface area (Å²) in [4.78, 5) is 14.7. The predicted molar refractivity (Wildman–Crippen MR) is 128 cm³/mol. The van der Waals surface area contributed by atoms with Crippen LogP contribution in [0, 0.1) is 5.92 Å². The van der Waals surface area contributed by atoms with Crippen molar-refractivity contribution >= 4 is 17.5 Å². The first-order valence-electron chi connectivity index (χ1n) is 12.0. The number of nitrogens with zero attached hydrogens (tertiary/aromatic N) is 1. The molecule has 2 fully saturated rings. The van der Waals surface area contributed by atoms with Crippen LogP contribution in [0.4, 0.5) is 0 Å². The van der Waals surface area contributed by atoms with Crippen LogP contribution < -0.4 is 10.1 Å². The van der Waals surface area contributed by atoms with Crippen molar-refractivity contribution in [2.45, 2.75) is 44.0 Å². The van der Waals surface area contributed by atoms with E-state index in [1.165, 1.54) is 17.7 Å². The van der Waals surface area contributed by atoms with E-state index in [2.05, 4.69) is 16.3 Å². The Balaban J connectivity index is 1.13. The number of phenols is 1. The van der Waals surface area contributed by atoms with Crippen molar-refractivity contribution in [2.24, 2.45) is 5.92 Å². The lowest BCUT2D eigenvalue weighted by atomic mass is 9.84. The highest BCUT2D eigenvalue weighted by atomic mass is 35.5. The molecule has 34 heavy (non-hydrogen) atoms. The van der Waals surface area contributed by atoms with Crippen LogP contribution in [0.5, 0.6) is 11.5 Å². The predicted octanol–water partition coefficient (Wildman–Crippen LogP) is 3.45. The normalized spacial score (nSPS) is 20.2. The number of amides is 1. The highest BCUT2D eigenvalue weighted by molar-refractivity contribution is 6.30. The first kappa shape index (κ1) is 23.4. The number of rotatable bonds is 8. The molecule has 0 bridgehead atoms. The minimum atomic E-state index is -0.727. The van der Waals surface area contributed by atoms with Crippen molar-refractivity contribution in [1.29, 1.82) is 0 Å². The summed E-state index contributed by atoms with van der Waals surface area (Å²) in [6, 6.07) is 10.4. The van der Waals surface area contributed by atoms with Gasteiger partial charge in [0.2, 0.25) is 0 Å². The molecule has 2 aromatic rings. The van der Waals surface area contributed by atoms with Crippen LogP contribution in [-0.4, -0.2) is 59.9 Å². The average Bonchev–Trinajstić information content (AvgIpc) is 3.60. The lowest BCUT2D eigenvalue weighted by Gasteiger charge is -2.39. The van der Waals surface area contributed by atoms with Crippen molar-refractivity contribution in [2.75, 3.05) is 32.8 Å². The molecule has 2 heterocycles. The zero-order valence-electron chi connectivity index (χ0n) is 19.1. The molecule has 8 heteroatoms. The van der Waals surface area contributed by atoms with Crippen LogP contribution in [0.3, 0.4) is 0 Å². The summed E-state index contributed by atoms with van der Waals surface area (Å²) in [7, 11) is 0. The Bertz CT molecular complexity index is 1050. The molecule has 2 aliphatic heterocycles. The number of carbonyl (C=O) groups excluding carboxylic acids is 1. The number of aromatic hydroxyl groups is 1. The standard InChI is InChI=1S/C26H31ClN2O5/c27-19-3-6-23-18(11-19)15-34-26(23)7-9-29(10-8-26)14-21(31)16-33-24-12-20(30)4-5-22(24)25(32)28-13-17-1-2-17/h3-6,11-12,17,21,30-31H,1-2,7-10,13-16H2,(H,28,32)/t21-/m0/s1. The molecule has 2 aromatic carbocycles. The number of fused-ring (bicyclic) bond motifs is 2. The second-order valence-corrected chi connectivity index (χ2v) is 10.1. The summed E-state index contributed by atoms with van der Waals surface area (Å²) in [5.74, 6) is 0.634. The van der Waals surface area contributed by atoms with Gasteiger partial charge < -0.3 is 29.9 Å². The molecule has 182 valence electrons. The third kappa shape index (κ3) is 5.18. The fourth-order valence-corrected chi connectivity index (χ4v) is 5.13. The lowest BCUT2D eigenvalue weighted by molar-refractivity contribution is -0.0835. The monoisotopic (exact) mass is 486 g/mol. The van der Waals surface area contributed by atoms with E-state index in [1.54, 1.807) is 6.07 Å². The third-order valence-corrected chi connectivity index (χ3v) is 7.32. The van der Waals surface area contributed by atoms with E-state index in [-0.39, 0.29) is 29.6 Å². The summed E-state index contributed by atoms with van der Waals surface area (Å²) in [5, 5.41) is 24.1. The average molecular weight is 487 g/mol. The molecule has 0 radical (unpaired) electrons. The molecule has 5 rings (SSSR count). The molecule has 3 aliphatic rings. The van der Waals surface area contributed by atoms with E-state index < -0.39 is 6.10 Å². The number of aliphatic hydroxyl groups excluding tert-OH is 1. The maximum atomic E-state index is 12.5. The molecular weight excluding hydrogens is 456 g/mol. The van der Waals surface area contributed by atoms with Crippen LogP contribution in [0.2, 0.25) is 5.02 Å². The van der Waals surface area contributed by atoms with E-state index in [4.69, 9.17) is 21.1 Å². The number of piperidine rings is 1. The molecule has 7 nitrogen and oxygen atoms in total. The van der Waals surface area contributed by atoms with Gasteiger partial charge in [0, 0.05) is 37.3 Å². The molecule has 3 N–H and O–H groups in total. The first-order chi connectivity index (χ1) is 16.4. The highest BCUT2D eigenvalue weighted by Crippen LogP contribution is 2.44. The first-order valence-corrected chi connectivity index (χ1v) is 12.4. The van der Waals surface area contributed by atoms with Gasteiger partial charge in [0.15, 0.2) is 0 Å². The topological polar surface area (TPSA) is 91.3 Å². The minimum Gasteiger partial charge on any atom is -0.508 e. The molecule has 0 unspecified atom stereocenters. The molecule has 0 aromatic heterocycles. The number of benzene rings is 2. The SMILES string of the molecule is O=C(NCC1CC1)c1ccc(O)cc1OC[C@@H](O)CN1CCC2(CC1)OCc1cc(Cl)ccc12. The Morgan fingerprint density at radius 1 is 1.24 bits per heavy atom. The Hall–Kier alpha value is -2.32. The Morgan fingerprint density at radius 3 is 2.79 bits per heavy atom. The smallest absolute Gasteiger partial charge is 0.255 e. The molecule has 1 amide bonds. The number of carbonyl (C=O) groups is 1. The van der Waals surface area contributed by atoms with Gasteiger partial charge in [-0.05, 0) is 67.0 Å². The number of nitrogens with one attached hydrogen (secondary N) is 1. The van der Waals surface area contributed by atoms with E-state index in [0.29, 0.717) is 31.2 Å². The van der Waals surface area contributed by atoms with Crippen LogP contribution in [-0.2, 0) is 16.9 Å². The number of halogens is 1. The van der Waals surface area contributed by atoms with Crippen molar-refractivity contribution in [3.05, 3.63) is 58.1 Å². The Labute approximate surface area is 204 Å². The summed E-state index contributed by atoms with van der Waals surface area (Å²) < 4.78 is 12.0. The maximum Gasteiger partial charge on any atom is 0.255 e. The molecule has 1 aliphatic carbocycles. The van der Waals surface area contributed by atoms with Crippen molar-refractivity contribution < 1.29 is 24.5 Å². The molecule has 1 saturated heterocycles. The Morgan fingerprint density at radius 2 is 2.03 bits per heavy atom. The largest absolute Gasteiger partial charge is 0.508 e. The van der Waals surface area contributed by atoms with Gasteiger partial charge in [-0.2, -0.15) is 0 Å². The minimum absolute atomic E-state index is 0.0164. The van der Waals surface area contributed by atoms with Gasteiger partial charge in [0.05, 0.1) is 17.8 Å². The zero-order valence-corrected chi connectivity index (χ0v) is 19.9. The summed E-state index contributed by atoms with van der Waals surface area (Å²) in [6.07, 6.45) is 3.28. The van der Waals surface area contributed by atoms with Gasteiger partial charge in [0.1, 0.15) is 24.2 Å². The van der Waals surface area contributed by atoms with Gasteiger partial charge in [-0.25, -0.2) is 0 Å². The molecule has 1 spiro atoms. The highest BCUT2D eigenvalue weighted by Gasteiger charge is 2.42. The molecule has 1 atom stereocenters. The van der Waals surface area contributed by atoms with Gasteiger partial charge >= 0.3 is 0 Å². The number of phenolic OH excluding ortho intramolecular Hbond substituents is 1. The van der Waals surface area contributed by atoms with Crippen LogP contribution >= 0.6 is 11.6 Å². The van der Waals surface area contributed by atoms with Crippen LogP contribution in [0.25, 0.3) is 0 Å². The zero-order chi connectivity index (χ0) is 23.7.